The highest BCUT2D eigenvalue weighted by molar-refractivity contribution is 5.96. The largest absolute Gasteiger partial charge is 0.497 e. The molecular formula is C22H18N4O3. The van der Waals surface area contributed by atoms with E-state index in [0.29, 0.717) is 17.3 Å². The molecule has 0 spiro atoms. The number of carbonyl (C=O) groups is 1. The monoisotopic (exact) mass is 386 g/mol. The van der Waals surface area contributed by atoms with Gasteiger partial charge in [0.25, 0.3) is 0 Å². The molecule has 7 heteroatoms. The van der Waals surface area contributed by atoms with Crippen LogP contribution < -0.4 is 10.1 Å². The summed E-state index contributed by atoms with van der Waals surface area (Å²) in [6.07, 6.45) is 5.15. The van der Waals surface area contributed by atoms with E-state index in [0.717, 1.165) is 16.8 Å². The third kappa shape index (κ3) is 3.66. The molecule has 0 unspecified atom stereocenters. The van der Waals surface area contributed by atoms with E-state index in [4.69, 9.17) is 4.74 Å². The average Bonchev–Trinajstić information content (AvgIpc) is 3.18. The molecule has 0 saturated heterocycles. The third-order valence-corrected chi connectivity index (χ3v) is 4.47. The average molecular weight is 386 g/mol. The molecule has 4 rings (SSSR count). The minimum absolute atomic E-state index is 0.103. The Balaban J connectivity index is 1.86. The first kappa shape index (κ1) is 18.2. The number of pyridine rings is 1. The number of carboxylic acid groups (broad SMARTS) is 1. The van der Waals surface area contributed by atoms with Gasteiger partial charge in [0.1, 0.15) is 11.6 Å². The molecule has 2 heterocycles. The lowest BCUT2D eigenvalue weighted by Gasteiger charge is -2.15. The highest BCUT2D eigenvalue weighted by Gasteiger charge is 2.18. The molecular weight excluding hydrogens is 368 g/mol. The number of ether oxygens (including phenoxy) is 1. The molecule has 0 saturated carbocycles. The lowest BCUT2D eigenvalue weighted by Crippen LogP contribution is -2.07. The van der Waals surface area contributed by atoms with Crippen LogP contribution in [0.2, 0.25) is 0 Å². The summed E-state index contributed by atoms with van der Waals surface area (Å²) in [5.74, 6) is 0.0663. The van der Waals surface area contributed by atoms with Crippen LogP contribution in [0.25, 0.3) is 16.8 Å². The van der Waals surface area contributed by atoms with Gasteiger partial charge < -0.3 is 15.2 Å². The van der Waals surface area contributed by atoms with E-state index in [1.54, 1.807) is 35.4 Å². The van der Waals surface area contributed by atoms with E-state index in [2.05, 4.69) is 15.4 Å². The number of benzene rings is 2. The number of aromatic nitrogens is 3. The summed E-state index contributed by atoms with van der Waals surface area (Å²) in [6.45, 7) is 0. The Bertz CT molecular complexity index is 1080. The number of hydrogen-bond donors (Lipinski definition) is 2. The summed E-state index contributed by atoms with van der Waals surface area (Å²) >= 11 is 0. The van der Waals surface area contributed by atoms with Crippen LogP contribution in [-0.4, -0.2) is 33.0 Å². The van der Waals surface area contributed by atoms with Crippen LogP contribution in [0.15, 0.2) is 79.3 Å². The highest BCUT2D eigenvalue weighted by Crippen LogP contribution is 2.34. The Kier molecular flexibility index (Phi) is 4.94. The molecule has 7 nitrogen and oxygen atoms in total. The molecule has 0 aliphatic rings. The van der Waals surface area contributed by atoms with Crippen LogP contribution >= 0.6 is 0 Å². The van der Waals surface area contributed by atoms with Gasteiger partial charge in [-0.3, -0.25) is 4.98 Å². The Morgan fingerprint density at radius 3 is 2.52 bits per heavy atom. The van der Waals surface area contributed by atoms with Crippen molar-refractivity contribution in [2.24, 2.45) is 0 Å². The number of anilines is 2. The molecule has 2 aromatic carbocycles. The zero-order chi connectivity index (χ0) is 20.2. The minimum atomic E-state index is -1.05. The Labute approximate surface area is 167 Å². The van der Waals surface area contributed by atoms with Crippen molar-refractivity contribution in [3.05, 3.63) is 84.8 Å². The third-order valence-electron chi connectivity index (χ3n) is 4.47. The van der Waals surface area contributed by atoms with Crippen molar-refractivity contribution >= 4 is 17.5 Å². The maximum atomic E-state index is 11.8. The number of aromatic carboxylic acids is 1. The van der Waals surface area contributed by atoms with E-state index in [1.807, 2.05) is 42.5 Å². The van der Waals surface area contributed by atoms with Gasteiger partial charge in [0, 0.05) is 18.0 Å². The van der Waals surface area contributed by atoms with Gasteiger partial charge in [-0.1, -0.05) is 18.2 Å². The van der Waals surface area contributed by atoms with Gasteiger partial charge in [0.2, 0.25) is 0 Å². The fourth-order valence-electron chi connectivity index (χ4n) is 3.04. The van der Waals surface area contributed by atoms with E-state index < -0.39 is 5.97 Å². The molecule has 0 atom stereocenters. The van der Waals surface area contributed by atoms with Crippen LogP contribution in [0.3, 0.4) is 0 Å². The predicted octanol–water partition coefficient (Wildman–Crippen LogP) is 4.38. The van der Waals surface area contributed by atoms with Crippen LogP contribution in [0.1, 0.15) is 10.4 Å². The van der Waals surface area contributed by atoms with Gasteiger partial charge in [-0.25, -0.2) is 9.48 Å². The molecule has 0 aliphatic carbocycles. The number of methoxy groups -OCH3 is 1. The molecule has 0 aliphatic heterocycles. The van der Waals surface area contributed by atoms with Gasteiger partial charge in [-0.2, -0.15) is 5.10 Å². The van der Waals surface area contributed by atoms with E-state index >= 15 is 0 Å². The Morgan fingerprint density at radius 1 is 1.07 bits per heavy atom. The Morgan fingerprint density at radius 2 is 1.83 bits per heavy atom. The van der Waals surface area contributed by atoms with Crippen molar-refractivity contribution in [2.45, 2.75) is 0 Å². The van der Waals surface area contributed by atoms with Gasteiger partial charge in [-0.15, -0.1) is 0 Å². The molecule has 29 heavy (non-hydrogen) atoms. The van der Waals surface area contributed by atoms with E-state index in [1.165, 1.54) is 13.2 Å². The van der Waals surface area contributed by atoms with Gasteiger partial charge in [0.15, 0.2) is 0 Å². The summed E-state index contributed by atoms with van der Waals surface area (Å²) in [5, 5.41) is 17.5. The van der Waals surface area contributed by atoms with Gasteiger partial charge in [0.05, 0.1) is 30.2 Å². The molecule has 2 N–H and O–H groups in total. The van der Waals surface area contributed by atoms with Crippen molar-refractivity contribution in [1.82, 2.24) is 14.8 Å². The summed E-state index contributed by atoms with van der Waals surface area (Å²) in [6, 6.07) is 18.3. The van der Waals surface area contributed by atoms with Gasteiger partial charge in [-0.05, 0) is 48.0 Å². The number of para-hydroxylation sites is 1. The van der Waals surface area contributed by atoms with E-state index in [-0.39, 0.29) is 5.56 Å². The number of nitrogens with zero attached hydrogens (tertiary/aromatic N) is 3. The second-order valence-corrected chi connectivity index (χ2v) is 6.23. The summed E-state index contributed by atoms with van der Waals surface area (Å²) in [7, 11) is 1.50. The minimum Gasteiger partial charge on any atom is -0.497 e. The summed E-state index contributed by atoms with van der Waals surface area (Å²) in [4.78, 5) is 15.9. The zero-order valence-electron chi connectivity index (χ0n) is 15.6. The number of rotatable bonds is 6. The number of carboxylic acids is 1. The Hall–Kier alpha value is -4.13. The van der Waals surface area contributed by atoms with Gasteiger partial charge >= 0.3 is 5.97 Å². The van der Waals surface area contributed by atoms with Crippen molar-refractivity contribution in [3.63, 3.8) is 0 Å². The van der Waals surface area contributed by atoms with Crippen LogP contribution in [-0.2, 0) is 0 Å². The second kappa shape index (κ2) is 7.85. The van der Waals surface area contributed by atoms with Crippen molar-refractivity contribution in [2.75, 3.05) is 12.4 Å². The van der Waals surface area contributed by atoms with Crippen molar-refractivity contribution < 1.29 is 14.6 Å². The fourth-order valence-corrected chi connectivity index (χ4v) is 3.04. The first-order valence-electron chi connectivity index (χ1n) is 8.89. The predicted molar refractivity (Wildman–Crippen MR) is 110 cm³/mol. The van der Waals surface area contributed by atoms with Crippen molar-refractivity contribution in [1.29, 1.82) is 0 Å². The van der Waals surface area contributed by atoms with Crippen LogP contribution in [0.4, 0.5) is 11.5 Å². The first-order chi connectivity index (χ1) is 14.2. The normalized spacial score (nSPS) is 10.5. The lowest BCUT2D eigenvalue weighted by atomic mass is 10.1. The fraction of sp³-hybridized carbons (Fsp3) is 0.0455. The molecule has 144 valence electrons. The summed E-state index contributed by atoms with van der Waals surface area (Å²) in [5.41, 5.74) is 3.12. The molecule has 0 radical (unpaired) electrons. The highest BCUT2D eigenvalue weighted by atomic mass is 16.5. The topological polar surface area (TPSA) is 89.3 Å². The van der Waals surface area contributed by atoms with Crippen LogP contribution in [0.5, 0.6) is 5.75 Å². The molecule has 0 bridgehead atoms. The first-order valence-corrected chi connectivity index (χ1v) is 8.89. The second-order valence-electron chi connectivity index (χ2n) is 6.23. The maximum Gasteiger partial charge on any atom is 0.337 e. The number of hydrogen-bond acceptors (Lipinski definition) is 5. The quantitative estimate of drug-likeness (QED) is 0.511. The van der Waals surface area contributed by atoms with Crippen molar-refractivity contribution in [3.8, 4) is 22.6 Å². The zero-order valence-corrected chi connectivity index (χ0v) is 15.6. The summed E-state index contributed by atoms with van der Waals surface area (Å²) < 4.78 is 6.91. The lowest BCUT2D eigenvalue weighted by molar-refractivity contribution is 0.0697. The molecule has 4 aromatic rings. The van der Waals surface area contributed by atoms with E-state index in [9.17, 15) is 9.90 Å². The molecule has 0 fully saturated rings. The standard InChI is InChI=1S/C22H18N4O3/c1-29-17-7-8-20(18(13-17)22(27)28)25-21-19(15-9-11-23-12-10-15)14-24-26(21)16-5-3-2-4-6-16/h2-14,25H,1H3,(H,27,28). The SMILES string of the molecule is COc1ccc(Nc2c(-c3ccncc3)cnn2-c2ccccc2)c(C(=O)O)c1. The maximum absolute atomic E-state index is 11.8. The smallest absolute Gasteiger partial charge is 0.337 e. The number of nitrogens with one attached hydrogen (secondary N) is 1. The molecule has 2 aromatic heterocycles. The molecule has 0 amide bonds. The van der Waals surface area contributed by atoms with Crippen LogP contribution in [0, 0.1) is 0 Å².